The molecule has 13 aromatic rings. The van der Waals surface area contributed by atoms with Gasteiger partial charge in [0.1, 0.15) is 0 Å². The molecule has 0 N–H and O–H groups in total. The Morgan fingerprint density at radius 1 is 0.229 bits per heavy atom. The monoisotopic (exact) mass is 1050 g/mol. The summed E-state index contributed by atoms with van der Waals surface area (Å²) < 4.78 is 0. The molecule has 83 heavy (non-hydrogen) atoms. The number of hydrogen-bond acceptors (Lipinski definition) is 2. The van der Waals surface area contributed by atoms with Crippen LogP contribution in [-0.4, -0.2) is 0 Å². The normalized spacial score (nSPS) is 14.5. The second-order valence-corrected chi connectivity index (χ2v) is 22.6. The predicted molar refractivity (Wildman–Crippen MR) is 341 cm³/mol. The Bertz CT molecular complexity index is 4560. The lowest BCUT2D eigenvalue weighted by Gasteiger charge is -2.45. The Balaban J connectivity index is 0.973. The summed E-state index contributed by atoms with van der Waals surface area (Å²) in [6.45, 7) is 0. The standard InChI is InChI=1S/C81H54N2/c1-6-27-55(28-7-1)79(56-29-8-2-9-30-56)68-41-20-17-38-63(68)66-53-60(50-52-70(66)79)82(61-49-51-64-62-37-16-19-40-67(62)80(74(64)54-61,57-31-10-3-11-32-57)58-33-12-4-13-34-58)77-48-26-45-73-78(77)65-39-18-21-42-69(65)81(73)71-43-22-24-46-75(71)83(59-35-14-5-15-36-59)76-47-25-23-44-72(76)81/h1-54H. The minimum Gasteiger partial charge on any atom is -0.310 e. The van der Waals surface area contributed by atoms with Crippen LogP contribution in [-0.2, 0) is 16.2 Å². The van der Waals surface area contributed by atoms with E-state index in [2.05, 4.69) is 337 Å². The lowest BCUT2D eigenvalue weighted by Crippen LogP contribution is -2.36. The highest BCUT2D eigenvalue weighted by atomic mass is 15.2. The highest BCUT2D eigenvalue weighted by molar-refractivity contribution is 6.02. The van der Waals surface area contributed by atoms with Gasteiger partial charge in [-0.05, 0) is 149 Å². The van der Waals surface area contributed by atoms with Crippen molar-refractivity contribution >= 4 is 34.1 Å². The molecule has 388 valence electrons. The molecule has 2 nitrogen and oxygen atoms in total. The number of nitrogens with zero attached hydrogens (tertiary/aromatic N) is 2. The zero-order valence-corrected chi connectivity index (χ0v) is 45.6. The summed E-state index contributed by atoms with van der Waals surface area (Å²) in [5, 5.41) is 0. The van der Waals surface area contributed by atoms with Crippen molar-refractivity contribution in [1.29, 1.82) is 0 Å². The number of anilines is 6. The minimum absolute atomic E-state index is 0.545. The number of benzene rings is 13. The number of fused-ring (bicyclic) bond motifs is 15. The van der Waals surface area contributed by atoms with E-state index in [1.165, 1.54) is 112 Å². The summed E-state index contributed by atoms with van der Waals surface area (Å²) in [7, 11) is 0. The topological polar surface area (TPSA) is 6.48 Å². The second-order valence-electron chi connectivity index (χ2n) is 22.6. The van der Waals surface area contributed by atoms with Crippen LogP contribution < -0.4 is 9.80 Å². The van der Waals surface area contributed by atoms with Gasteiger partial charge in [0.25, 0.3) is 0 Å². The zero-order valence-electron chi connectivity index (χ0n) is 45.6. The van der Waals surface area contributed by atoms with Crippen LogP contribution in [0.25, 0.3) is 33.4 Å². The average molecular weight is 1060 g/mol. The molecule has 3 aliphatic carbocycles. The van der Waals surface area contributed by atoms with Gasteiger partial charge >= 0.3 is 0 Å². The fourth-order valence-corrected chi connectivity index (χ4v) is 15.8. The van der Waals surface area contributed by atoms with Crippen molar-refractivity contribution in [3.8, 4) is 33.4 Å². The lowest BCUT2D eigenvalue weighted by molar-refractivity contribution is 0.752. The van der Waals surface area contributed by atoms with Crippen molar-refractivity contribution in [3.05, 3.63) is 394 Å². The average Bonchev–Trinajstić information content (AvgIpc) is 2.10. The van der Waals surface area contributed by atoms with Crippen LogP contribution in [0.4, 0.5) is 34.1 Å². The Labute approximate surface area is 485 Å². The fraction of sp³-hybridized carbons (Fsp3) is 0.0370. The van der Waals surface area contributed by atoms with Gasteiger partial charge in [-0.1, -0.05) is 273 Å². The first-order valence-electron chi connectivity index (χ1n) is 29.0. The van der Waals surface area contributed by atoms with Crippen LogP contribution in [0.5, 0.6) is 0 Å². The fourth-order valence-electron chi connectivity index (χ4n) is 15.8. The third-order valence-electron chi connectivity index (χ3n) is 18.8. The molecule has 0 bridgehead atoms. The molecule has 0 saturated carbocycles. The van der Waals surface area contributed by atoms with Gasteiger partial charge in [0, 0.05) is 22.6 Å². The third kappa shape index (κ3) is 6.38. The van der Waals surface area contributed by atoms with Crippen molar-refractivity contribution in [3.63, 3.8) is 0 Å². The zero-order chi connectivity index (χ0) is 54.7. The van der Waals surface area contributed by atoms with Gasteiger partial charge < -0.3 is 9.80 Å². The van der Waals surface area contributed by atoms with Gasteiger partial charge in [-0.25, -0.2) is 0 Å². The molecule has 0 unspecified atom stereocenters. The van der Waals surface area contributed by atoms with Gasteiger partial charge in [0.15, 0.2) is 0 Å². The summed E-state index contributed by atoms with van der Waals surface area (Å²) >= 11 is 0. The Hall–Kier alpha value is -10.5. The summed E-state index contributed by atoms with van der Waals surface area (Å²) in [4.78, 5) is 5.07. The molecule has 17 rings (SSSR count). The maximum Gasteiger partial charge on any atom is 0.0755 e. The van der Waals surface area contributed by atoms with Gasteiger partial charge in [0.2, 0.25) is 0 Å². The maximum atomic E-state index is 2.60. The van der Waals surface area contributed by atoms with E-state index in [4.69, 9.17) is 0 Å². The highest BCUT2D eigenvalue weighted by Crippen LogP contribution is 2.66. The van der Waals surface area contributed by atoms with E-state index in [1.54, 1.807) is 0 Å². The molecule has 0 saturated heterocycles. The van der Waals surface area contributed by atoms with E-state index in [0.717, 1.165) is 22.7 Å². The SMILES string of the molecule is c1ccc(N2c3ccccc3C3(c4ccccc4-c4c(N(c5ccc6c(c5)-c5ccccc5C6(c5ccccc5)c5ccccc5)c5ccc6c(c5)C(c5ccccc5)(c5ccccc5)c5ccccc5-6)cccc43)c3ccccc32)cc1. The summed E-state index contributed by atoms with van der Waals surface area (Å²) in [6, 6.07) is 123. The molecule has 0 aromatic heterocycles. The van der Waals surface area contributed by atoms with Crippen LogP contribution >= 0.6 is 0 Å². The minimum atomic E-state index is -0.650. The van der Waals surface area contributed by atoms with E-state index in [1.807, 2.05) is 0 Å². The molecule has 2 heteroatoms. The van der Waals surface area contributed by atoms with Gasteiger partial charge in [-0.2, -0.15) is 0 Å². The summed E-state index contributed by atoms with van der Waals surface area (Å²) in [5.41, 5.74) is 27.6. The van der Waals surface area contributed by atoms with E-state index < -0.39 is 16.2 Å². The largest absolute Gasteiger partial charge is 0.310 e. The van der Waals surface area contributed by atoms with Gasteiger partial charge in [-0.3, -0.25) is 0 Å². The smallest absolute Gasteiger partial charge is 0.0755 e. The van der Waals surface area contributed by atoms with Crippen LogP contribution in [0.15, 0.2) is 328 Å². The van der Waals surface area contributed by atoms with Crippen LogP contribution in [0.3, 0.4) is 0 Å². The molecular formula is C81H54N2. The molecule has 0 amide bonds. The molecule has 0 fully saturated rings. The second kappa shape index (κ2) is 18.2. The highest BCUT2D eigenvalue weighted by Gasteiger charge is 2.53. The van der Waals surface area contributed by atoms with E-state index >= 15 is 0 Å². The van der Waals surface area contributed by atoms with Crippen LogP contribution in [0.1, 0.15) is 66.8 Å². The first-order valence-corrected chi connectivity index (χ1v) is 29.0. The quantitative estimate of drug-likeness (QED) is 0.150. The Morgan fingerprint density at radius 3 is 1.14 bits per heavy atom. The van der Waals surface area contributed by atoms with Crippen molar-refractivity contribution < 1.29 is 0 Å². The molecule has 4 aliphatic rings. The maximum absolute atomic E-state index is 2.60. The molecular weight excluding hydrogens is 1000 g/mol. The predicted octanol–water partition coefficient (Wildman–Crippen LogP) is 20.0. The first-order chi connectivity index (χ1) is 41.2. The number of para-hydroxylation sites is 3. The molecule has 13 aromatic carbocycles. The van der Waals surface area contributed by atoms with Gasteiger partial charge in [0.05, 0.1) is 33.3 Å². The number of rotatable bonds is 8. The van der Waals surface area contributed by atoms with Crippen LogP contribution in [0, 0.1) is 0 Å². The van der Waals surface area contributed by atoms with Crippen molar-refractivity contribution in [2.45, 2.75) is 16.2 Å². The molecule has 0 atom stereocenters. The lowest BCUT2D eigenvalue weighted by atomic mass is 9.64. The molecule has 1 aliphatic heterocycles. The summed E-state index contributed by atoms with van der Waals surface area (Å²) in [6.07, 6.45) is 0. The Morgan fingerprint density at radius 2 is 0.602 bits per heavy atom. The van der Waals surface area contributed by atoms with E-state index in [0.29, 0.717) is 0 Å². The first kappa shape index (κ1) is 47.3. The van der Waals surface area contributed by atoms with E-state index in [9.17, 15) is 0 Å². The van der Waals surface area contributed by atoms with E-state index in [-0.39, 0.29) is 0 Å². The number of hydrogen-bond donors (Lipinski definition) is 0. The van der Waals surface area contributed by atoms with Crippen molar-refractivity contribution in [2.24, 2.45) is 0 Å². The Kier molecular flexibility index (Phi) is 10.4. The third-order valence-corrected chi connectivity index (χ3v) is 18.8. The van der Waals surface area contributed by atoms with Gasteiger partial charge in [-0.15, -0.1) is 0 Å². The molecule has 1 heterocycles. The summed E-state index contributed by atoms with van der Waals surface area (Å²) in [5.74, 6) is 0. The molecule has 0 radical (unpaired) electrons. The van der Waals surface area contributed by atoms with Crippen molar-refractivity contribution in [2.75, 3.05) is 9.80 Å². The van der Waals surface area contributed by atoms with Crippen LogP contribution in [0.2, 0.25) is 0 Å². The molecule has 1 spiro atoms. The van der Waals surface area contributed by atoms with Crippen molar-refractivity contribution in [1.82, 2.24) is 0 Å².